The lowest BCUT2D eigenvalue weighted by Gasteiger charge is -2.12. The van der Waals surface area contributed by atoms with E-state index in [4.69, 9.17) is 0 Å². The van der Waals surface area contributed by atoms with Crippen molar-refractivity contribution < 1.29 is 9.18 Å². The second-order valence-corrected chi connectivity index (χ2v) is 7.84. The molecule has 160 valence electrons. The van der Waals surface area contributed by atoms with Crippen LogP contribution in [-0.2, 0) is 6.54 Å². The smallest absolute Gasteiger partial charge is 0.255 e. The van der Waals surface area contributed by atoms with Gasteiger partial charge in [0.1, 0.15) is 11.6 Å². The van der Waals surface area contributed by atoms with Gasteiger partial charge in [-0.25, -0.2) is 9.37 Å². The van der Waals surface area contributed by atoms with Gasteiger partial charge >= 0.3 is 0 Å². The summed E-state index contributed by atoms with van der Waals surface area (Å²) in [6.07, 6.45) is 2.31. The van der Waals surface area contributed by atoms with E-state index in [1.165, 1.54) is 24.3 Å². The summed E-state index contributed by atoms with van der Waals surface area (Å²) in [4.78, 5) is 21.7. The molecular formula is C25H22FN5O. The molecule has 1 saturated carbocycles. The van der Waals surface area contributed by atoms with Crippen LogP contribution in [0.15, 0.2) is 72.8 Å². The third-order valence-corrected chi connectivity index (χ3v) is 5.29. The summed E-state index contributed by atoms with van der Waals surface area (Å²) in [5.41, 5.74) is 2.98. The van der Waals surface area contributed by atoms with E-state index >= 15 is 0 Å². The summed E-state index contributed by atoms with van der Waals surface area (Å²) in [5.74, 6) is 0.832. The Hall–Kier alpha value is -4.00. The number of amides is 1. The zero-order valence-corrected chi connectivity index (χ0v) is 17.3. The molecule has 0 atom stereocenters. The van der Waals surface area contributed by atoms with Crippen LogP contribution in [0.4, 0.5) is 21.8 Å². The molecular weight excluding hydrogens is 405 g/mol. The van der Waals surface area contributed by atoms with Gasteiger partial charge in [0.25, 0.3) is 5.91 Å². The lowest BCUT2D eigenvalue weighted by Crippen LogP contribution is -2.12. The number of rotatable bonds is 7. The van der Waals surface area contributed by atoms with Gasteiger partial charge in [-0.05, 0) is 66.9 Å². The maximum Gasteiger partial charge on any atom is 0.255 e. The molecule has 0 spiro atoms. The molecule has 1 aliphatic rings. The molecule has 0 unspecified atom stereocenters. The highest BCUT2D eigenvalue weighted by molar-refractivity contribution is 6.04. The summed E-state index contributed by atoms with van der Waals surface area (Å²) in [6.45, 7) is 0.559. The van der Waals surface area contributed by atoms with Gasteiger partial charge in [0.2, 0.25) is 5.95 Å². The zero-order chi connectivity index (χ0) is 21.9. The Morgan fingerprint density at radius 2 is 1.69 bits per heavy atom. The Kier molecular flexibility index (Phi) is 5.37. The number of fused-ring (bicyclic) bond motifs is 1. The van der Waals surface area contributed by atoms with Crippen molar-refractivity contribution >= 4 is 34.3 Å². The van der Waals surface area contributed by atoms with Crippen molar-refractivity contribution in [3.05, 3.63) is 89.7 Å². The van der Waals surface area contributed by atoms with Crippen LogP contribution in [-0.4, -0.2) is 21.9 Å². The molecule has 0 aliphatic heterocycles. The van der Waals surface area contributed by atoms with Crippen LogP contribution in [0, 0.1) is 5.82 Å². The number of nitrogens with one attached hydrogen (secondary N) is 3. The lowest BCUT2D eigenvalue weighted by molar-refractivity contribution is 0.102. The molecule has 4 aromatic rings. The second kappa shape index (κ2) is 8.63. The number of carbonyl (C=O) groups is 1. The highest BCUT2D eigenvalue weighted by atomic mass is 19.1. The van der Waals surface area contributed by atoms with Gasteiger partial charge in [0.05, 0.1) is 5.52 Å². The Labute approximate surface area is 184 Å². The third-order valence-electron chi connectivity index (χ3n) is 5.29. The van der Waals surface area contributed by atoms with E-state index in [1.807, 2.05) is 36.4 Å². The maximum absolute atomic E-state index is 13.0. The number of hydrogen-bond acceptors (Lipinski definition) is 5. The van der Waals surface area contributed by atoms with Crippen LogP contribution >= 0.6 is 0 Å². The minimum atomic E-state index is -0.341. The van der Waals surface area contributed by atoms with Gasteiger partial charge in [-0.1, -0.05) is 24.3 Å². The van der Waals surface area contributed by atoms with Crippen LogP contribution in [0.5, 0.6) is 0 Å². The average Bonchev–Trinajstić information content (AvgIpc) is 3.63. The molecule has 1 aliphatic carbocycles. The summed E-state index contributed by atoms with van der Waals surface area (Å²) in [5, 5.41) is 10.5. The van der Waals surface area contributed by atoms with E-state index in [1.54, 1.807) is 12.1 Å². The predicted molar refractivity (Wildman–Crippen MR) is 124 cm³/mol. The molecule has 0 bridgehead atoms. The van der Waals surface area contributed by atoms with Crippen LogP contribution in [0.25, 0.3) is 10.9 Å². The fourth-order valence-corrected chi connectivity index (χ4v) is 3.38. The first-order chi connectivity index (χ1) is 15.6. The minimum Gasteiger partial charge on any atom is -0.365 e. The number of nitrogens with zero attached hydrogens (tertiary/aromatic N) is 2. The van der Waals surface area contributed by atoms with Crippen LogP contribution < -0.4 is 16.0 Å². The SMILES string of the molecule is O=C(Nc1ccc(F)cc1)c1ccc(CNc2nc(NC3CC3)nc3ccccc23)cc1. The van der Waals surface area contributed by atoms with Gasteiger partial charge in [0.15, 0.2) is 0 Å². The van der Waals surface area contributed by atoms with Gasteiger partial charge in [-0.3, -0.25) is 4.79 Å². The first-order valence-corrected chi connectivity index (χ1v) is 10.6. The zero-order valence-electron chi connectivity index (χ0n) is 17.3. The predicted octanol–water partition coefficient (Wildman–Crippen LogP) is 5.21. The quantitative estimate of drug-likeness (QED) is 0.377. The van der Waals surface area contributed by atoms with E-state index in [0.717, 1.165) is 35.1 Å². The van der Waals surface area contributed by atoms with Gasteiger partial charge in [-0.2, -0.15) is 4.98 Å². The second-order valence-electron chi connectivity index (χ2n) is 7.84. The monoisotopic (exact) mass is 427 g/mol. The summed E-state index contributed by atoms with van der Waals surface area (Å²) in [6, 6.07) is 21.4. The molecule has 1 heterocycles. The maximum atomic E-state index is 13.0. The fraction of sp³-hybridized carbons (Fsp3) is 0.160. The number of benzene rings is 3. The number of halogens is 1. The Balaban J connectivity index is 1.27. The van der Waals surface area contributed by atoms with Gasteiger partial charge in [0, 0.05) is 29.2 Å². The molecule has 1 amide bonds. The van der Waals surface area contributed by atoms with E-state index in [2.05, 4.69) is 25.9 Å². The first kappa shape index (κ1) is 19.9. The van der Waals surface area contributed by atoms with Crippen molar-refractivity contribution in [3.63, 3.8) is 0 Å². The lowest BCUT2D eigenvalue weighted by atomic mass is 10.1. The fourth-order valence-electron chi connectivity index (χ4n) is 3.38. The number of hydrogen-bond donors (Lipinski definition) is 3. The highest BCUT2D eigenvalue weighted by Gasteiger charge is 2.22. The minimum absolute atomic E-state index is 0.242. The number of anilines is 3. The van der Waals surface area contributed by atoms with Crippen molar-refractivity contribution in [2.75, 3.05) is 16.0 Å². The van der Waals surface area contributed by atoms with E-state index in [-0.39, 0.29) is 11.7 Å². The molecule has 1 fully saturated rings. The molecule has 3 N–H and O–H groups in total. The molecule has 5 rings (SSSR count). The standard InChI is InChI=1S/C25H22FN5O/c26-18-9-11-19(12-10-18)28-24(32)17-7-5-16(6-8-17)15-27-23-21-3-1-2-4-22(21)30-25(31-23)29-20-13-14-20/h1-12,20H,13-15H2,(H,28,32)(H2,27,29,30,31). The molecule has 3 aromatic carbocycles. The van der Waals surface area contributed by atoms with Gasteiger partial charge in [-0.15, -0.1) is 0 Å². The molecule has 1 aromatic heterocycles. The van der Waals surface area contributed by atoms with Crippen LogP contribution in [0.2, 0.25) is 0 Å². The summed E-state index contributed by atoms with van der Waals surface area (Å²) in [7, 11) is 0. The summed E-state index contributed by atoms with van der Waals surface area (Å²) < 4.78 is 13.0. The Morgan fingerprint density at radius 3 is 2.44 bits per heavy atom. The number of carbonyl (C=O) groups excluding carboxylic acids is 1. The average molecular weight is 427 g/mol. The largest absolute Gasteiger partial charge is 0.365 e. The third kappa shape index (κ3) is 4.67. The Bertz CT molecular complexity index is 1250. The van der Waals surface area contributed by atoms with Crippen LogP contribution in [0.3, 0.4) is 0 Å². The normalized spacial score (nSPS) is 13.0. The molecule has 0 radical (unpaired) electrons. The highest BCUT2D eigenvalue weighted by Crippen LogP contribution is 2.27. The van der Waals surface area contributed by atoms with E-state index < -0.39 is 0 Å². The van der Waals surface area contributed by atoms with Crippen LogP contribution in [0.1, 0.15) is 28.8 Å². The van der Waals surface area contributed by atoms with Crippen molar-refractivity contribution in [1.29, 1.82) is 0 Å². The van der Waals surface area contributed by atoms with Crippen molar-refractivity contribution in [3.8, 4) is 0 Å². The van der Waals surface area contributed by atoms with E-state index in [0.29, 0.717) is 29.8 Å². The first-order valence-electron chi connectivity index (χ1n) is 10.6. The number of aromatic nitrogens is 2. The molecule has 6 nitrogen and oxygen atoms in total. The van der Waals surface area contributed by atoms with Crippen molar-refractivity contribution in [1.82, 2.24) is 9.97 Å². The van der Waals surface area contributed by atoms with Crippen molar-refractivity contribution in [2.45, 2.75) is 25.4 Å². The van der Waals surface area contributed by atoms with E-state index in [9.17, 15) is 9.18 Å². The molecule has 0 saturated heterocycles. The van der Waals surface area contributed by atoms with Gasteiger partial charge < -0.3 is 16.0 Å². The number of para-hydroxylation sites is 1. The Morgan fingerprint density at radius 1 is 0.938 bits per heavy atom. The summed E-state index contributed by atoms with van der Waals surface area (Å²) >= 11 is 0. The topological polar surface area (TPSA) is 78.9 Å². The van der Waals surface area contributed by atoms with Crippen molar-refractivity contribution in [2.24, 2.45) is 0 Å². The molecule has 7 heteroatoms. The molecule has 32 heavy (non-hydrogen) atoms.